The lowest BCUT2D eigenvalue weighted by atomic mass is 10.2. The van der Waals surface area contributed by atoms with E-state index in [1.807, 2.05) is 0 Å². The molecule has 1 aromatic heterocycles. The van der Waals surface area contributed by atoms with Crippen LogP contribution in [0, 0.1) is 22.5 Å². The summed E-state index contributed by atoms with van der Waals surface area (Å²) in [7, 11) is 1.44. The standard InChI is InChI=1S/C19H13N3O6S/c1-3-8-21-18(23)16(29-19(21)24)10-12-4-6-14(15(9-12)27-2)28-17-7-5-13(11-20-17)22(25)26/h1,4-7,9-11H,8H2,2H3/b16-10+. The Morgan fingerprint density at radius 2 is 2.10 bits per heavy atom. The normalized spacial score (nSPS) is 14.8. The second kappa shape index (κ2) is 8.45. The van der Waals surface area contributed by atoms with Gasteiger partial charge in [-0.15, -0.1) is 6.42 Å². The number of carbonyl (C=O) groups is 2. The van der Waals surface area contributed by atoms with Gasteiger partial charge in [-0.2, -0.15) is 0 Å². The number of pyridine rings is 1. The van der Waals surface area contributed by atoms with Gasteiger partial charge in [0.15, 0.2) is 11.5 Å². The predicted molar refractivity (Wildman–Crippen MR) is 105 cm³/mol. The van der Waals surface area contributed by atoms with Gasteiger partial charge in [0.2, 0.25) is 5.88 Å². The van der Waals surface area contributed by atoms with Crippen molar-refractivity contribution in [2.75, 3.05) is 13.7 Å². The predicted octanol–water partition coefficient (Wildman–Crippen LogP) is 3.46. The van der Waals surface area contributed by atoms with Crippen LogP contribution in [0.5, 0.6) is 17.4 Å². The van der Waals surface area contributed by atoms with Crippen molar-refractivity contribution in [2.45, 2.75) is 0 Å². The summed E-state index contributed by atoms with van der Waals surface area (Å²) in [5.74, 6) is 2.65. The fourth-order valence-electron chi connectivity index (χ4n) is 2.39. The summed E-state index contributed by atoms with van der Waals surface area (Å²) in [6.07, 6.45) is 7.82. The Bertz CT molecular complexity index is 1060. The molecule has 1 aliphatic heterocycles. The molecule has 0 atom stereocenters. The molecule has 0 aliphatic carbocycles. The van der Waals surface area contributed by atoms with Crippen LogP contribution in [0.15, 0.2) is 41.4 Å². The fraction of sp³-hybridized carbons (Fsp3) is 0.105. The number of methoxy groups -OCH3 is 1. The number of hydrogen-bond donors (Lipinski definition) is 0. The van der Waals surface area contributed by atoms with E-state index in [9.17, 15) is 19.7 Å². The third-order valence-corrected chi connectivity index (χ3v) is 4.66. The first-order valence-electron chi connectivity index (χ1n) is 8.08. The minimum atomic E-state index is -0.558. The molecule has 0 spiro atoms. The van der Waals surface area contributed by atoms with E-state index in [4.69, 9.17) is 15.9 Å². The average Bonchev–Trinajstić information content (AvgIpc) is 2.97. The molecular formula is C19H13N3O6S. The Kier molecular flexibility index (Phi) is 5.80. The maximum atomic E-state index is 12.3. The van der Waals surface area contributed by atoms with Crippen LogP contribution in [0.3, 0.4) is 0 Å². The van der Waals surface area contributed by atoms with Gasteiger partial charge in [-0.05, 0) is 35.5 Å². The largest absolute Gasteiger partial charge is 0.493 e. The molecular weight excluding hydrogens is 398 g/mol. The molecule has 29 heavy (non-hydrogen) atoms. The van der Waals surface area contributed by atoms with Gasteiger partial charge >= 0.3 is 0 Å². The zero-order valence-corrected chi connectivity index (χ0v) is 15.8. The molecule has 2 heterocycles. The van der Waals surface area contributed by atoms with Crippen LogP contribution in [-0.2, 0) is 4.79 Å². The molecule has 0 saturated carbocycles. The summed E-state index contributed by atoms with van der Waals surface area (Å²) < 4.78 is 10.9. The van der Waals surface area contributed by atoms with E-state index in [1.165, 1.54) is 19.2 Å². The van der Waals surface area contributed by atoms with Crippen LogP contribution in [0.25, 0.3) is 6.08 Å². The maximum absolute atomic E-state index is 12.3. The quantitative estimate of drug-likeness (QED) is 0.307. The second-order valence-corrected chi connectivity index (χ2v) is 6.59. The smallest absolute Gasteiger partial charge is 0.294 e. The molecule has 10 heteroatoms. The third-order valence-electron chi connectivity index (χ3n) is 3.75. The molecule has 9 nitrogen and oxygen atoms in total. The first kappa shape index (κ1) is 19.9. The molecule has 0 unspecified atom stereocenters. The van der Waals surface area contributed by atoms with E-state index < -0.39 is 16.1 Å². The number of benzene rings is 1. The number of amides is 2. The molecule has 1 saturated heterocycles. The van der Waals surface area contributed by atoms with Gasteiger partial charge in [-0.1, -0.05) is 12.0 Å². The molecule has 3 rings (SSSR count). The summed E-state index contributed by atoms with van der Waals surface area (Å²) >= 11 is 0.806. The van der Waals surface area contributed by atoms with Crippen molar-refractivity contribution in [3.8, 4) is 29.7 Å². The minimum Gasteiger partial charge on any atom is -0.493 e. The number of imide groups is 1. The first-order chi connectivity index (χ1) is 13.9. The number of thioether (sulfide) groups is 1. The highest BCUT2D eigenvalue weighted by Gasteiger charge is 2.34. The summed E-state index contributed by atoms with van der Waals surface area (Å²) in [4.78, 5) is 39.4. The maximum Gasteiger partial charge on any atom is 0.294 e. The van der Waals surface area contributed by atoms with E-state index in [2.05, 4.69) is 10.9 Å². The van der Waals surface area contributed by atoms with Crippen molar-refractivity contribution in [2.24, 2.45) is 0 Å². The lowest BCUT2D eigenvalue weighted by Crippen LogP contribution is -2.28. The van der Waals surface area contributed by atoms with Crippen LogP contribution >= 0.6 is 11.8 Å². The summed E-state index contributed by atoms with van der Waals surface area (Å²) in [5.41, 5.74) is 0.454. The fourth-order valence-corrected chi connectivity index (χ4v) is 3.23. The molecule has 1 aromatic carbocycles. The number of nitro groups is 1. The van der Waals surface area contributed by atoms with E-state index in [1.54, 1.807) is 24.3 Å². The Labute approximate surface area is 169 Å². The van der Waals surface area contributed by atoms with Gasteiger partial charge in [0.1, 0.15) is 6.20 Å². The number of nitrogens with zero attached hydrogens (tertiary/aromatic N) is 3. The van der Waals surface area contributed by atoms with Crippen molar-refractivity contribution in [3.63, 3.8) is 0 Å². The molecule has 0 radical (unpaired) electrons. The Balaban J connectivity index is 1.82. The van der Waals surface area contributed by atoms with Crippen LogP contribution in [0.1, 0.15) is 5.56 Å². The molecule has 2 amide bonds. The number of hydrogen-bond acceptors (Lipinski definition) is 8. The third kappa shape index (κ3) is 4.36. The number of carbonyl (C=O) groups excluding carboxylic acids is 2. The van der Waals surface area contributed by atoms with Crippen molar-refractivity contribution < 1.29 is 24.0 Å². The summed E-state index contributed by atoms with van der Waals surface area (Å²) in [5, 5.41) is 10.3. The molecule has 2 aromatic rings. The van der Waals surface area contributed by atoms with Crippen LogP contribution in [-0.4, -0.2) is 39.6 Å². The molecule has 0 bridgehead atoms. The van der Waals surface area contributed by atoms with Gasteiger partial charge in [-0.3, -0.25) is 24.6 Å². The summed E-state index contributed by atoms with van der Waals surface area (Å²) in [6.45, 7) is -0.0830. The number of terminal acetylenes is 1. The van der Waals surface area contributed by atoms with Crippen LogP contribution < -0.4 is 9.47 Å². The van der Waals surface area contributed by atoms with E-state index in [-0.39, 0.29) is 23.0 Å². The van der Waals surface area contributed by atoms with Crippen LogP contribution in [0.2, 0.25) is 0 Å². The van der Waals surface area contributed by atoms with Gasteiger partial charge in [0.05, 0.1) is 23.5 Å². The van der Waals surface area contributed by atoms with Gasteiger partial charge in [-0.25, -0.2) is 4.98 Å². The first-order valence-corrected chi connectivity index (χ1v) is 8.89. The molecule has 146 valence electrons. The average molecular weight is 411 g/mol. The van der Waals surface area contributed by atoms with E-state index in [0.29, 0.717) is 17.1 Å². The lowest BCUT2D eigenvalue weighted by Gasteiger charge is -2.10. The SMILES string of the molecule is C#CCN1C(=O)S/C(=C/c2ccc(Oc3ccc([N+](=O)[O-])cn3)c(OC)c2)C1=O. The van der Waals surface area contributed by atoms with Crippen molar-refractivity contribution >= 4 is 34.7 Å². The number of rotatable bonds is 6. The molecule has 0 N–H and O–H groups in total. The number of ether oxygens (including phenoxy) is 2. The Morgan fingerprint density at radius 1 is 1.31 bits per heavy atom. The molecule has 1 fully saturated rings. The van der Waals surface area contributed by atoms with Crippen LogP contribution in [0.4, 0.5) is 10.5 Å². The lowest BCUT2D eigenvalue weighted by molar-refractivity contribution is -0.385. The van der Waals surface area contributed by atoms with Crippen molar-refractivity contribution in [3.05, 3.63) is 57.1 Å². The Morgan fingerprint density at radius 3 is 2.72 bits per heavy atom. The highest BCUT2D eigenvalue weighted by molar-refractivity contribution is 8.18. The topological polar surface area (TPSA) is 112 Å². The van der Waals surface area contributed by atoms with Gasteiger partial charge in [0.25, 0.3) is 16.8 Å². The second-order valence-electron chi connectivity index (χ2n) is 5.60. The number of aromatic nitrogens is 1. The molecule has 1 aliphatic rings. The van der Waals surface area contributed by atoms with Gasteiger partial charge in [0, 0.05) is 12.1 Å². The highest BCUT2D eigenvalue weighted by Crippen LogP contribution is 2.35. The van der Waals surface area contributed by atoms with Gasteiger partial charge < -0.3 is 9.47 Å². The van der Waals surface area contributed by atoms with Crippen molar-refractivity contribution in [1.82, 2.24) is 9.88 Å². The van der Waals surface area contributed by atoms with E-state index in [0.717, 1.165) is 22.9 Å². The minimum absolute atomic E-state index is 0.0830. The Hall–Kier alpha value is -3.84. The zero-order chi connectivity index (χ0) is 21.0. The highest BCUT2D eigenvalue weighted by atomic mass is 32.2. The summed E-state index contributed by atoms with van der Waals surface area (Å²) in [6, 6.07) is 7.52. The monoisotopic (exact) mass is 411 g/mol. The van der Waals surface area contributed by atoms with E-state index >= 15 is 0 Å². The zero-order valence-electron chi connectivity index (χ0n) is 15.0. The van der Waals surface area contributed by atoms with Crippen molar-refractivity contribution in [1.29, 1.82) is 0 Å².